The number of hydrogen-bond donors (Lipinski definition) is 1. The minimum absolute atomic E-state index is 0.117. The van der Waals surface area contributed by atoms with Crippen molar-refractivity contribution < 1.29 is 14.2 Å². The van der Waals surface area contributed by atoms with Crippen LogP contribution in [-0.4, -0.2) is 50.6 Å². The van der Waals surface area contributed by atoms with Gasteiger partial charge in [-0.15, -0.1) is 0 Å². The van der Waals surface area contributed by atoms with Crippen LogP contribution in [0.4, 0.5) is 5.82 Å². The molecule has 1 aromatic heterocycles. The van der Waals surface area contributed by atoms with Crippen LogP contribution in [0, 0.1) is 0 Å². The van der Waals surface area contributed by atoms with E-state index in [0.29, 0.717) is 32.3 Å². The quantitative estimate of drug-likeness (QED) is 0.705. The van der Waals surface area contributed by atoms with E-state index in [4.69, 9.17) is 14.2 Å². The summed E-state index contributed by atoms with van der Waals surface area (Å²) in [4.78, 5) is 8.93. The summed E-state index contributed by atoms with van der Waals surface area (Å²) in [5, 5.41) is 3.03. The SMILES string of the molecule is CNc1cc(OCCCOCCOC)nc(C(C)(C)C)n1. The Bertz CT molecular complexity index is 419. The molecule has 6 nitrogen and oxygen atoms in total. The second-order valence-electron chi connectivity index (χ2n) is 5.72. The van der Waals surface area contributed by atoms with Gasteiger partial charge in [0.25, 0.3) is 0 Å². The summed E-state index contributed by atoms with van der Waals surface area (Å²) < 4.78 is 16.0. The first kappa shape index (κ1) is 17.7. The maximum atomic E-state index is 5.69. The fraction of sp³-hybridized carbons (Fsp3) is 0.733. The molecule has 0 amide bonds. The van der Waals surface area contributed by atoms with Crippen LogP contribution in [0.1, 0.15) is 33.0 Å². The van der Waals surface area contributed by atoms with Crippen LogP contribution in [0.2, 0.25) is 0 Å². The van der Waals surface area contributed by atoms with E-state index in [0.717, 1.165) is 18.1 Å². The van der Waals surface area contributed by atoms with Crippen molar-refractivity contribution in [1.82, 2.24) is 9.97 Å². The van der Waals surface area contributed by atoms with Gasteiger partial charge in [-0.25, -0.2) is 4.98 Å². The zero-order valence-electron chi connectivity index (χ0n) is 13.7. The molecule has 0 saturated heterocycles. The highest BCUT2D eigenvalue weighted by Crippen LogP contribution is 2.23. The van der Waals surface area contributed by atoms with Gasteiger partial charge in [0.2, 0.25) is 5.88 Å². The molecule has 0 aromatic carbocycles. The van der Waals surface area contributed by atoms with Gasteiger partial charge in [0.1, 0.15) is 11.6 Å². The zero-order valence-corrected chi connectivity index (χ0v) is 13.7. The third-order valence-electron chi connectivity index (χ3n) is 2.74. The molecular weight excluding hydrogens is 270 g/mol. The summed E-state index contributed by atoms with van der Waals surface area (Å²) in [5.41, 5.74) is -0.117. The molecule has 0 aliphatic heterocycles. The highest BCUT2D eigenvalue weighted by molar-refractivity contribution is 5.38. The predicted octanol–water partition coefficient (Wildman–Crippen LogP) is 2.25. The number of rotatable bonds is 9. The lowest BCUT2D eigenvalue weighted by molar-refractivity contribution is 0.0641. The Hall–Kier alpha value is -1.40. The summed E-state index contributed by atoms with van der Waals surface area (Å²) in [7, 11) is 3.50. The maximum Gasteiger partial charge on any atom is 0.218 e. The van der Waals surface area contributed by atoms with Crippen molar-refractivity contribution in [3.63, 3.8) is 0 Å². The largest absolute Gasteiger partial charge is 0.477 e. The number of ether oxygens (including phenoxy) is 3. The topological polar surface area (TPSA) is 65.5 Å². The van der Waals surface area contributed by atoms with Crippen LogP contribution < -0.4 is 10.1 Å². The molecule has 0 radical (unpaired) electrons. The molecule has 0 aliphatic carbocycles. The van der Waals surface area contributed by atoms with Crippen molar-refractivity contribution >= 4 is 5.82 Å². The Morgan fingerprint density at radius 2 is 1.86 bits per heavy atom. The lowest BCUT2D eigenvalue weighted by atomic mass is 9.96. The van der Waals surface area contributed by atoms with Crippen molar-refractivity contribution in [1.29, 1.82) is 0 Å². The Morgan fingerprint density at radius 3 is 2.48 bits per heavy atom. The molecule has 0 bridgehead atoms. The summed E-state index contributed by atoms with van der Waals surface area (Å²) in [6.07, 6.45) is 0.813. The number of nitrogens with zero attached hydrogens (tertiary/aromatic N) is 2. The molecule has 1 aromatic rings. The van der Waals surface area contributed by atoms with E-state index in [1.54, 1.807) is 13.2 Å². The van der Waals surface area contributed by atoms with Crippen molar-refractivity contribution in [3.8, 4) is 5.88 Å². The molecule has 0 atom stereocenters. The van der Waals surface area contributed by atoms with Gasteiger partial charge < -0.3 is 19.5 Å². The van der Waals surface area contributed by atoms with Gasteiger partial charge in [0, 0.05) is 38.7 Å². The standard InChI is InChI=1S/C15H27N3O3/c1-15(2,3)14-17-12(16-4)11-13(18-14)21-8-6-7-20-10-9-19-5/h11H,6-10H2,1-5H3,(H,16,17,18). The third-order valence-corrected chi connectivity index (χ3v) is 2.74. The number of hydrogen-bond acceptors (Lipinski definition) is 6. The van der Waals surface area contributed by atoms with E-state index in [1.807, 2.05) is 7.05 Å². The second-order valence-corrected chi connectivity index (χ2v) is 5.72. The molecule has 21 heavy (non-hydrogen) atoms. The smallest absolute Gasteiger partial charge is 0.218 e. The first-order valence-corrected chi connectivity index (χ1v) is 7.24. The monoisotopic (exact) mass is 297 g/mol. The van der Waals surface area contributed by atoms with Crippen molar-refractivity contribution in [2.75, 3.05) is 45.9 Å². The first-order chi connectivity index (χ1) is 9.97. The molecule has 6 heteroatoms. The lowest BCUT2D eigenvalue weighted by Gasteiger charge is -2.18. The second kappa shape index (κ2) is 8.79. The van der Waals surface area contributed by atoms with Crippen LogP contribution in [0.25, 0.3) is 0 Å². The average Bonchev–Trinajstić information content (AvgIpc) is 2.45. The molecule has 0 spiro atoms. The van der Waals surface area contributed by atoms with Crippen LogP contribution >= 0.6 is 0 Å². The van der Waals surface area contributed by atoms with Gasteiger partial charge >= 0.3 is 0 Å². The lowest BCUT2D eigenvalue weighted by Crippen LogP contribution is -2.17. The van der Waals surface area contributed by atoms with E-state index in [-0.39, 0.29) is 5.41 Å². The van der Waals surface area contributed by atoms with E-state index in [9.17, 15) is 0 Å². The van der Waals surface area contributed by atoms with Crippen LogP contribution in [0.3, 0.4) is 0 Å². The summed E-state index contributed by atoms with van der Waals surface area (Å²) >= 11 is 0. The van der Waals surface area contributed by atoms with Crippen molar-refractivity contribution in [3.05, 3.63) is 11.9 Å². The van der Waals surface area contributed by atoms with Gasteiger partial charge in [-0.1, -0.05) is 20.8 Å². The molecule has 0 unspecified atom stereocenters. The molecule has 0 saturated carbocycles. The van der Waals surface area contributed by atoms with E-state index >= 15 is 0 Å². The van der Waals surface area contributed by atoms with Crippen LogP contribution in [0.5, 0.6) is 5.88 Å². The summed E-state index contributed by atoms with van der Waals surface area (Å²) in [6, 6.07) is 1.81. The van der Waals surface area contributed by atoms with Crippen molar-refractivity contribution in [2.45, 2.75) is 32.6 Å². The maximum absolute atomic E-state index is 5.69. The number of nitrogens with one attached hydrogen (secondary N) is 1. The van der Waals surface area contributed by atoms with Crippen LogP contribution in [0.15, 0.2) is 6.07 Å². The van der Waals surface area contributed by atoms with Crippen LogP contribution in [-0.2, 0) is 14.9 Å². The molecule has 1 heterocycles. The minimum atomic E-state index is -0.117. The fourth-order valence-electron chi connectivity index (χ4n) is 1.54. The molecule has 1 rings (SSSR count). The Labute approximate surface area is 127 Å². The minimum Gasteiger partial charge on any atom is -0.477 e. The third kappa shape index (κ3) is 6.73. The number of methoxy groups -OCH3 is 1. The average molecular weight is 297 g/mol. The fourth-order valence-corrected chi connectivity index (χ4v) is 1.54. The predicted molar refractivity (Wildman–Crippen MR) is 83.1 cm³/mol. The molecule has 1 N–H and O–H groups in total. The summed E-state index contributed by atoms with van der Waals surface area (Å²) in [5.74, 6) is 2.12. The van der Waals surface area contributed by atoms with Gasteiger partial charge in [0.05, 0.1) is 19.8 Å². The molecule has 120 valence electrons. The van der Waals surface area contributed by atoms with Gasteiger partial charge in [-0.2, -0.15) is 4.98 Å². The molecular formula is C15H27N3O3. The Balaban J connectivity index is 2.47. The summed E-state index contributed by atoms with van der Waals surface area (Å²) in [6.45, 7) is 8.69. The molecule has 0 aliphatic rings. The first-order valence-electron chi connectivity index (χ1n) is 7.24. The highest BCUT2D eigenvalue weighted by Gasteiger charge is 2.19. The van der Waals surface area contributed by atoms with Gasteiger partial charge in [-0.3, -0.25) is 0 Å². The highest BCUT2D eigenvalue weighted by atomic mass is 16.5. The van der Waals surface area contributed by atoms with E-state index < -0.39 is 0 Å². The normalized spacial score (nSPS) is 11.5. The van der Waals surface area contributed by atoms with Gasteiger partial charge in [-0.05, 0) is 0 Å². The number of aromatic nitrogens is 2. The van der Waals surface area contributed by atoms with Crippen molar-refractivity contribution in [2.24, 2.45) is 0 Å². The van der Waals surface area contributed by atoms with Gasteiger partial charge in [0.15, 0.2) is 0 Å². The zero-order chi connectivity index (χ0) is 15.7. The Kier molecular flexibility index (Phi) is 7.39. The number of anilines is 1. The van der Waals surface area contributed by atoms with E-state index in [1.165, 1.54) is 0 Å². The Morgan fingerprint density at radius 1 is 1.10 bits per heavy atom. The van der Waals surface area contributed by atoms with E-state index in [2.05, 4.69) is 36.1 Å². The molecule has 0 fully saturated rings.